The quantitative estimate of drug-likeness (QED) is 0.841. The molecular formula is C13H15BrF2O3. The van der Waals surface area contributed by atoms with E-state index in [4.69, 9.17) is 0 Å². The molecule has 1 aromatic carbocycles. The molecule has 0 aliphatic carbocycles. The number of halogens is 3. The highest BCUT2D eigenvalue weighted by Crippen LogP contribution is 2.33. The molecule has 0 aliphatic heterocycles. The summed E-state index contributed by atoms with van der Waals surface area (Å²) in [4.78, 5) is 11.2. The Labute approximate surface area is 118 Å². The van der Waals surface area contributed by atoms with Gasteiger partial charge in [0.05, 0.1) is 6.61 Å². The smallest absolute Gasteiger partial charge is 0.380 e. The lowest BCUT2D eigenvalue weighted by atomic mass is 9.90. The third-order valence-corrected chi connectivity index (χ3v) is 3.20. The summed E-state index contributed by atoms with van der Waals surface area (Å²) in [6.45, 7) is 2.19. The maximum atomic E-state index is 13.8. The number of esters is 1. The molecule has 1 aromatic rings. The van der Waals surface area contributed by atoms with Crippen molar-refractivity contribution in [3.63, 3.8) is 0 Å². The SMILES string of the molecule is CCOC(=O)C(F)(F)C(C)(O)Cc1ccc(Br)cc1. The van der Waals surface area contributed by atoms with E-state index < -0.39 is 17.5 Å². The van der Waals surface area contributed by atoms with E-state index in [9.17, 15) is 18.7 Å². The van der Waals surface area contributed by atoms with Gasteiger partial charge in [-0.05, 0) is 31.5 Å². The average molecular weight is 337 g/mol. The third-order valence-electron chi connectivity index (χ3n) is 2.67. The lowest BCUT2D eigenvalue weighted by Gasteiger charge is -2.30. The summed E-state index contributed by atoms with van der Waals surface area (Å²) in [5.74, 6) is -5.67. The number of aliphatic hydroxyl groups is 1. The fraction of sp³-hybridized carbons (Fsp3) is 0.462. The summed E-state index contributed by atoms with van der Waals surface area (Å²) in [6, 6.07) is 6.54. The minimum absolute atomic E-state index is 0.164. The Bertz CT molecular complexity index is 444. The fourth-order valence-electron chi connectivity index (χ4n) is 1.55. The monoisotopic (exact) mass is 336 g/mol. The van der Waals surface area contributed by atoms with Crippen LogP contribution in [0.25, 0.3) is 0 Å². The molecule has 0 heterocycles. The van der Waals surface area contributed by atoms with Gasteiger partial charge in [0.25, 0.3) is 0 Å². The summed E-state index contributed by atoms with van der Waals surface area (Å²) in [5.41, 5.74) is -2.01. The normalized spacial score (nSPS) is 14.8. The van der Waals surface area contributed by atoms with Crippen molar-refractivity contribution < 1.29 is 23.4 Å². The molecule has 6 heteroatoms. The van der Waals surface area contributed by atoms with Crippen LogP contribution in [0.2, 0.25) is 0 Å². The van der Waals surface area contributed by atoms with Crippen LogP contribution in [0.1, 0.15) is 19.4 Å². The zero-order valence-corrected chi connectivity index (χ0v) is 12.2. The van der Waals surface area contributed by atoms with Crippen LogP contribution in [-0.4, -0.2) is 29.2 Å². The highest BCUT2D eigenvalue weighted by atomic mass is 79.9. The first-order valence-corrected chi connectivity index (χ1v) is 6.52. The number of rotatable bonds is 5. The summed E-state index contributed by atoms with van der Waals surface area (Å²) in [5, 5.41) is 9.90. The van der Waals surface area contributed by atoms with Crippen LogP contribution < -0.4 is 0 Å². The molecule has 1 unspecified atom stereocenters. The van der Waals surface area contributed by atoms with E-state index in [0.29, 0.717) is 5.56 Å². The predicted molar refractivity (Wildman–Crippen MR) is 70.0 cm³/mol. The van der Waals surface area contributed by atoms with E-state index >= 15 is 0 Å². The standard InChI is InChI=1S/C13H15BrF2O3/c1-3-19-11(17)13(15,16)12(2,18)8-9-4-6-10(14)7-5-9/h4-7,18H,3,8H2,1-2H3. The van der Waals surface area contributed by atoms with Crippen LogP contribution in [0.4, 0.5) is 8.78 Å². The maximum Gasteiger partial charge on any atom is 0.380 e. The Morgan fingerprint density at radius 1 is 1.37 bits per heavy atom. The number of alkyl halides is 2. The van der Waals surface area contributed by atoms with Gasteiger partial charge in [-0.15, -0.1) is 0 Å². The molecule has 1 rings (SSSR count). The topological polar surface area (TPSA) is 46.5 Å². The maximum absolute atomic E-state index is 13.8. The highest BCUT2D eigenvalue weighted by molar-refractivity contribution is 9.10. The van der Waals surface area contributed by atoms with Crippen LogP contribution in [0, 0.1) is 0 Å². The van der Waals surface area contributed by atoms with Crippen LogP contribution >= 0.6 is 15.9 Å². The summed E-state index contributed by atoms with van der Waals surface area (Å²) >= 11 is 3.22. The molecule has 0 saturated heterocycles. The summed E-state index contributed by atoms with van der Waals surface area (Å²) in [6.07, 6.45) is -0.355. The molecule has 0 spiro atoms. The Hall–Kier alpha value is -1.01. The van der Waals surface area contributed by atoms with Crippen molar-refractivity contribution >= 4 is 21.9 Å². The van der Waals surface area contributed by atoms with Crippen molar-refractivity contribution in [1.29, 1.82) is 0 Å². The van der Waals surface area contributed by atoms with E-state index in [-0.39, 0.29) is 13.0 Å². The van der Waals surface area contributed by atoms with Gasteiger partial charge in [0.2, 0.25) is 0 Å². The molecule has 0 radical (unpaired) electrons. The van der Waals surface area contributed by atoms with Crippen LogP contribution in [-0.2, 0) is 16.0 Å². The van der Waals surface area contributed by atoms with Crippen molar-refractivity contribution in [3.8, 4) is 0 Å². The minimum atomic E-state index is -3.96. The van der Waals surface area contributed by atoms with Gasteiger partial charge in [-0.25, -0.2) is 4.79 Å². The number of hydrogen-bond acceptors (Lipinski definition) is 3. The van der Waals surface area contributed by atoms with Gasteiger partial charge in [0.15, 0.2) is 0 Å². The van der Waals surface area contributed by atoms with Gasteiger partial charge in [-0.2, -0.15) is 8.78 Å². The van der Waals surface area contributed by atoms with E-state index in [2.05, 4.69) is 20.7 Å². The largest absolute Gasteiger partial charge is 0.461 e. The van der Waals surface area contributed by atoms with Crippen molar-refractivity contribution in [3.05, 3.63) is 34.3 Å². The van der Waals surface area contributed by atoms with Gasteiger partial charge in [0.1, 0.15) is 5.60 Å². The lowest BCUT2D eigenvalue weighted by molar-refractivity contribution is -0.208. The molecule has 3 nitrogen and oxygen atoms in total. The van der Waals surface area contributed by atoms with Crippen molar-refractivity contribution in [2.45, 2.75) is 31.8 Å². The summed E-state index contributed by atoms with van der Waals surface area (Å²) in [7, 11) is 0. The first-order valence-electron chi connectivity index (χ1n) is 5.72. The molecule has 1 N–H and O–H groups in total. The Balaban J connectivity index is 2.90. The second-order valence-electron chi connectivity index (χ2n) is 4.37. The van der Waals surface area contributed by atoms with Gasteiger partial charge >= 0.3 is 11.9 Å². The lowest BCUT2D eigenvalue weighted by Crippen LogP contribution is -2.53. The molecular weight excluding hydrogens is 322 g/mol. The summed E-state index contributed by atoms with van der Waals surface area (Å²) < 4.78 is 32.7. The number of benzene rings is 1. The second-order valence-corrected chi connectivity index (χ2v) is 5.29. The van der Waals surface area contributed by atoms with Gasteiger partial charge in [0, 0.05) is 10.9 Å². The third kappa shape index (κ3) is 3.73. The van der Waals surface area contributed by atoms with E-state index in [0.717, 1.165) is 11.4 Å². The molecule has 19 heavy (non-hydrogen) atoms. The number of carbonyl (C=O) groups is 1. The zero-order valence-electron chi connectivity index (χ0n) is 10.6. The molecule has 0 fully saturated rings. The minimum Gasteiger partial charge on any atom is -0.461 e. The van der Waals surface area contributed by atoms with Gasteiger partial charge in [-0.1, -0.05) is 28.1 Å². The number of carbonyl (C=O) groups excluding carboxylic acids is 1. The number of hydrogen-bond donors (Lipinski definition) is 1. The average Bonchev–Trinajstić information content (AvgIpc) is 2.32. The van der Waals surface area contributed by atoms with Gasteiger partial charge < -0.3 is 9.84 Å². The Kier molecular flexibility index (Phi) is 5.04. The van der Waals surface area contributed by atoms with Gasteiger partial charge in [-0.3, -0.25) is 0 Å². The number of ether oxygens (including phenoxy) is 1. The molecule has 0 amide bonds. The van der Waals surface area contributed by atoms with Crippen molar-refractivity contribution in [1.82, 2.24) is 0 Å². The molecule has 0 aromatic heterocycles. The van der Waals surface area contributed by atoms with E-state index in [1.54, 1.807) is 24.3 Å². The second kappa shape index (κ2) is 5.96. The van der Waals surface area contributed by atoms with E-state index in [1.807, 2.05) is 0 Å². The molecule has 1 atom stereocenters. The molecule has 0 bridgehead atoms. The van der Waals surface area contributed by atoms with E-state index in [1.165, 1.54) is 6.92 Å². The highest BCUT2D eigenvalue weighted by Gasteiger charge is 2.56. The first-order chi connectivity index (χ1) is 8.70. The predicted octanol–water partition coefficient (Wildman–Crippen LogP) is 2.94. The van der Waals surface area contributed by atoms with Crippen molar-refractivity contribution in [2.75, 3.05) is 6.61 Å². The first kappa shape index (κ1) is 16.0. The van der Waals surface area contributed by atoms with Crippen molar-refractivity contribution in [2.24, 2.45) is 0 Å². The van der Waals surface area contributed by atoms with Crippen LogP contribution in [0.3, 0.4) is 0 Å². The fourth-order valence-corrected chi connectivity index (χ4v) is 1.82. The van der Waals surface area contributed by atoms with Crippen LogP contribution in [0.5, 0.6) is 0 Å². The molecule has 106 valence electrons. The molecule has 0 aliphatic rings. The Morgan fingerprint density at radius 2 is 1.89 bits per heavy atom. The zero-order chi connectivity index (χ0) is 14.7. The molecule has 0 saturated carbocycles. The Morgan fingerprint density at radius 3 is 2.37 bits per heavy atom. The van der Waals surface area contributed by atoms with Crippen LogP contribution in [0.15, 0.2) is 28.7 Å².